The average Bonchev–Trinajstić information content (AvgIpc) is 3.01. The van der Waals surface area contributed by atoms with Gasteiger partial charge in [0.1, 0.15) is 18.3 Å². The van der Waals surface area contributed by atoms with E-state index in [-0.39, 0.29) is 37.3 Å². The van der Waals surface area contributed by atoms with Gasteiger partial charge in [0.2, 0.25) is 5.91 Å². The number of amides is 3. The molecule has 1 aromatic rings. The van der Waals surface area contributed by atoms with E-state index >= 15 is 0 Å². The zero-order valence-electron chi connectivity index (χ0n) is 26.7. The fourth-order valence-corrected chi connectivity index (χ4v) is 5.40. The molecular formula is C27H43BN6O12P2. The summed E-state index contributed by atoms with van der Waals surface area (Å²) in [4.78, 5) is 84.4. The van der Waals surface area contributed by atoms with E-state index in [1.807, 2.05) is 36.2 Å². The molecule has 7 N–H and O–H groups in total. The summed E-state index contributed by atoms with van der Waals surface area (Å²) in [5, 5.41) is 7.86. The highest BCUT2D eigenvalue weighted by molar-refractivity contribution is 7.40. The lowest BCUT2D eigenvalue weighted by Gasteiger charge is -2.32. The van der Waals surface area contributed by atoms with Crippen LogP contribution in [0.3, 0.4) is 0 Å². The van der Waals surface area contributed by atoms with Crippen LogP contribution in [0.4, 0.5) is 4.79 Å². The average molecular weight is 716 g/mol. The number of allylic oxidation sites excluding steroid dienone is 3. The Morgan fingerprint density at radius 3 is 2.31 bits per heavy atom. The van der Waals surface area contributed by atoms with Crippen molar-refractivity contribution in [3.63, 3.8) is 0 Å². The van der Waals surface area contributed by atoms with Gasteiger partial charge in [-0.15, -0.1) is 0 Å². The quantitative estimate of drug-likeness (QED) is 0.0664. The molecule has 0 bridgehead atoms. The smallest absolute Gasteiger partial charge is 0.448 e. The van der Waals surface area contributed by atoms with Crippen molar-refractivity contribution >= 4 is 42.2 Å². The second-order valence-electron chi connectivity index (χ2n) is 11.1. The van der Waals surface area contributed by atoms with E-state index in [0.717, 1.165) is 18.4 Å². The molecule has 1 aliphatic heterocycles. The van der Waals surface area contributed by atoms with Gasteiger partial charge in [-0.05, 0) is 30.8 Å². The maximum atomic E-state index is 13.7. The lowest BCUT2D eigenvalue weighted by Crippen LogP contribution is -2.57. The Labute approximate surface area is 281 Å². The second-order valence-corrected chi connectivity index (χ2v) is 12.5. The lowest BCUT2D eigenvalue weighted by molar-refractivity contribution is -0.123. The van der Waals surface area contributed by atoms with Gasteiger partial charge in [0.15, 0.2) is 0 Å². The van der Waals surface area contributed by atoms with Crippen molar-refractivity contribution in [3.05, 3.63) is 48.1 Å². The van der Waals surface area contributed by atoms with E-state index in [2.05, 4.69) is 35.7 Å². The first-order chi connectivity index (χ1) is 23.0. The Hall–Kier alpha value is -2.67. The van der Waals surface area contributed by atoms with Crippen molar-refractivity contribution in [1.82, 2.24) is 30.8 Å². The van der Waals surface area contributed by atoms with Gasteiger partial charge in [0.05, 0.1) is 12.1 Å². The minimum absolute atomic E-state index is 0.0820. The number of rotatable bonds is 17. The minimum atomic E-state index is -2.96. The van der Waals surface area contributed by atoms with Crippen LogP contribution in [-0.2, 0) is 27.9 Å². The zero-order valence-corrected chi connectivity index (χ0v) is 28.5. The summed E-state index contributed by atoms with van der Waals surface area (Å²) in [7, 11) is -6.68. The molecule has 18 nitrogen and oxygen atoms in total. The van der Waals surface area contributed by atoms with Gasteiger partial charge >= 0.3 is 30.4 Å². The standard InChI is InChI=1S/C27H43BN6O12P2/c1-19(2)16-23(32-24(35)21(17-20-6-4-3-5-7-20)31-25(36)22-18-29-8-9-30-22)28-43-14-11-34(12-15-44-28)10-13-42-26(37)33-27(45-47(38)39)46-48(40)41/h4,6-9,18-19,21,23,27,38-41H,3,5,10-17H2,1-2H3,(H,31,36)(H,32,35)(H,33,37)/t21-,23-/m1/s1. The summed E-state index contributed by atoms with van der Waals surface area (Å²) in [6.07, 6.45) is 9.96. The highest BCUT2D eigenvalue weighted by Gasteiger charge is 2.36. The number of alkyl carbamates (subject to hydrolysis) is 1. The molecule has 1 saturated heterocycles. The number of aromatic nitrogens is 2. The predicted molar refractivity (Wildman–Crippen MR) is 173 cm³/mol. The van der Waals surface area contributed by atoms with Crippen LogP contribution in [0.5, 0.6) is 0 Å². The molecule has 1 aliphatic carbocycles. The largest absolute Gasteiger partial charge is 0.480 e. The summed E-state index contributed by atoms with van der Waals surface area (Å²) in [6.45, 7) is 5.64. The molecule has 3 rings (SSSR count). The summed E-state index contributed by atoms with van der Waals surface area (Å²) in [5.74, 6) is -1.23. The molecule has 3 amide bonds. The molecule has 1 aromatic heterocycles. The monoisotopic (exact) mass is 716 g/mol. The van der Waals surface area contributed by atoms with Gasteiger partial charge in [-0.1, -0.05) is 32.1 Å². The molecule has 0 radical (unpaired) electrons. The van der Waals surface area contributed by atoms with Crippen molar-refractivity contribution in [3.8, 4) is 0 Å². The van der Waals surface area contributed by atoms with Crippen molar-refractivity contribution < 1.29 is 57.1 Å². The third kappa shape index (κ3) is 15.3. The summed E-state index contributed by atoms with van der Waals surface area (Å²) < 4.78 is 26.1. The van der Waals surface area contributed by atoms with Crippen LogP contribution in [0, 0.1) is 5.92 Å². The van der Waals surface area contributed by atoms with Gasteiger partial charge < -0.3 is 44.3 Å². The second kappa shape index (κ2) is 21.4. The summed E-state index contributed by atoms with van der Waals surface area (Å²) in [6, 6.07) is -0.887. The normalized spacial score (nSPS) is 17.1. The van der Waals surface area contributed by atoms with E-state index in [4.69, 9.17) is 33.6 Å². The summed E-state index contributed by atoms with van der Waals surface area (Å²) in [5.41, 5.74) is 1.04. The molecule has 0 saturated carbocycles. The third-order valence-corrected chi connectivity index (χ3v) is 7.71. The topological polar surface area (TPSA) is 243 Å². The number of nitrogens with zero attached hydrogens (tertiary/aromatic N) is 3. The lowest BCUT2D eigenvalue weighted by atomic mass is 9.73. The summed E-state index contributed by atoms with van der Waals surface area (Å²) >= 11 is 0. The van der Waals surface area contributed by atoms with Gasteiger partial charge in [0, 0.05) is 51.7 Å². The number of carbonyl (C=O) groups excluding carboxylic acids is 3. The van der Waals surface area contributed by atoms with Crippen molar-refractivity contribution in [2.45, 2.75) is 57.9 Å². The molecule has 2 heterocycles. The minimum Gasteiger partial charge on any atom is -0.448 e. The first-order valence-electron chi connectivity index (χ1n) is 15.3. The van der Waals surface area contributed by atoms with Crippen LogP contribution in [0.2, 0.25) is 0 Å². The Kier molecular flexibility index (Phi) is 17.8. The van der Waals surface area contributed by atoms with E-state index in [9.17, 15) is 14.4 Å². The molecule has 2 atom stereocenters. The Morgan fingerprint density at radius 2 is 1.73 bits per heavy atom. The van der Waals surface area contributed by atoms with Gasteiger partial charge in [-0.3, -0.25) is 33.8 Å². The van der Waals surface area contributed by atoms with Crippen LogP contribution in [0.25, 0.3) is 0 Å². The van der Waals surface area contributed by atoms with E-state index in [0.29, 0.717) is 32.5 Å². The molecule has 21 heteroatoms. The Bertz CT molecular complexity index is 1200. The van der Waals surface area contributed by atoms with E-state index in [1.165, 1.54) is 18.6 Å². The fourth-order valence-electron chi connectivity index (χ4n) is 4.80. The Balaban J connectivity index is 1.54. The first kappa shape index (κ1) is 39.8. The zero-order chi connectivity index (χ0) is 34.9. The van der Waals surface area contributed by atoms with Gasteiger partial charge in [-0.2, -0.15) is 0 Å². The van der Waals surface area contributed by atoms with Crippen molar-refractivity contribution in [2.75, 3.05) is 39.5 Å². The van der Waals surface area contributed by atoms with Crippen molar-refractivity contribution in [2.24, 2.45) is 5.92 Å². The van der Waals surface area contributed by atoms with Crippen LogP contribution >= 0.6 is 17.2 Å². The molecule has 2 aliphatic rings. The SMILES string of the molecule is CC(C)C[C@@H](NC(=O)[C@@H](CC1=CCCC=C1)NC(=O)c1cnccn1)B1OCCN(CCOC(=O)NC(OP(O)O)OP(O)O)CCO1. The van der Waals surface area contributed by atoms with Crippen LogP contribution < -0.4 is 16.0 Å². The molecule has 48 heavy (non-hydrogen) atoms. The van der Waals surface area contributed by atoms with Gasteiger partial charge in [0.25, 0.3) is 12.3 Å². The maximum Gasteiger partial charge on any atom is 0.480 e. The predicted octanol–water partition coefficient (Wildman–Crippen LogP) is 0.615. The number of hydrogen-bond donors (Lipinski definition) is 7. The highest BCUT2D eigenvalue weighted by Crippen LogP contribution is 2.33. The molecule has 1 fully saturated rings. The van der Waals surface area contributed by atoms with E-state index in [1.54, 1.807) is 0 Å². The number of carbonyl (C=O) groups is 3. The molecular weight excluding hydrogens is 673 g/mol. The van der Waals surface area contributed by atoms with Crippen LogP contribution in [0.1, 0.15) is 50.0 Å². The maximum absolute atomic E-state index is 13.7. The first-order valence-corrected chi connectivity index (χ1v) is 17.6. The van der Waals surface area contributed by atoms with Crippen molar-refractivity contribution in [1.29, 1.82) is 0 Å². The number of hydrogen-bond acceptors (Lipinski definition) is 15. The molecule has 0 unspecified atom stereocenters. The number of nitrogens with one attached hydrogen (secondary N) is 3. The molecule has 0 aromatic carbocycles. The van der Waals surface area contributed by atoms with Crippen LogP contribution in [-0.4, -0.2) is 117 Å². The fraction of sp³-hybridized carbons (Fsp3) is 0.593. The van der Waals surface area contributed by atoms with E-state index < -0.39 is 54.7 Å². The van der Waals surface area contributed by atoms with Gasteiger partial charge in [-0.25, -0.2) is 9.78 Å². The number of ether oxygens (including phenoxy) is 1. The Morgan fingerprint density at radius 1 is 1.02 bits per heavy atom. The molecule has 266 valence electrons. The third-order valence-electron chi connectivity index (χ3n) is 6.95. The molecule has 0 spiro atoms. The van der Waals surface area contributed by atoms with Crippen LogP contribution in [0.15, 0.2) is 42.4 Å². The highest BCUT2D eigenvalue weighted by atomic mass is 31.2.